The van der Waals surface area contributed by atoms with E-state index in [0.29, 0.717) is 60.6 Å². The summed E-state index contributed by atoms with van der Waals surface area (Å²) in [5.74, 6) is 0.431. The summed E-state index contributed by atoms with van der Waals surface area (Å²) >= 11 is 8.74. The number of pyridine rings is 2. The molecule has 0 saturated carbocycles. The third kappa shape index (κ3) is 4.64. The van der Waals surface area contributed by atoms with Crippen molar-refractivity contribution in [1.29, 1.82) is 0 Å². The van der Waals surface area contributed by atoms with Gasteiger partial charge in [-0.25, -0.2) is 24.9 Å². The number of thiol groups is 2. The number of rotatable bonds is 5. The lowest BCUT2D eigenvalue weighted by atomic mass is 10.2. The summed E-state index contributed by atoms with van der Waals surface area (Å²) in [4.78, 5) is 31.7. The molecule has 9 nitrogen and oxygen atoms in total. The Labute approximate surface area is 224 Å². The van der Waals surface area contributed by atoms with E-state index in [9.17, 15) is 8.78 Å². The van der Waals surface area contributed by atoms with Crippen molar-refractivity contribution in [2.24, 2.45) is 4.99 Å². The molecule has 0 aliphatic carbocycles. The standard InChI is InChI=1S/C25H17F2N9S2/c26-18-3-1-16(37)22(33-18)12-5-20(29-7-12)35-24-14-9-28-10-15(14)25(32-11-31-24)36-21-6-13(8-30-21)23-17(38)2-4-19(27)34-23/h1-11,28-30,37-38H,(H,31,32,35,36). The number of nitrogens with one attached hydrogen (secondary N) is 4. The maximum absolute atomic E-state index is 13.7. The van der Waals surface area contributed by atoms with E-state index in [4.69, 9.17) is 0 Å². The first-order chi connectivity index (χ1) is 18.4. The average molecular weight is 546 g/mol. The van der Waals surface area contributed by atoms with E-state index in [0.717, 1.165) is 5.39 Å². The largest absolute Gasteiger partial charge is 0.366 e. The summed E-state index contributed by atoms with van der Waals surface area (Å²) in [5.41, 5.74) is 2.53. The fraction of sp³-hybridized carbons (Fsp3) is 0. The second kappa shape index (κ2) is 9.76. The molecule has 0 bridgehead atoms. The summed E-state index contributed by atoms with van der Waals surface area (Å²) in [7, 11) is 0. The Morgan fingerprint density at radius 3 is 2.16 bits per heavy atom. The Bertz CT molecular complexity index is 1880. The summed E-state index contributed by atoms with van der Waals surface area (Å²) in [6, 6.07) is 9.13. The summed E-state index contributed by atoms with van der Waals surface area (Å²) in [6.45, 7) is 0. The molecule has 6 rings (SSSR count). The van der Waals surface area contributed by atoms with E-state index in [-0.39, 0.29) is 0 Å². The zero-order valence-corrected chi connectivity index (χ0v) is 21.0. The molecule has 0 saturated heterocycles. The van der Waals surface area contributed by atoms with Crippen molar-refractivity contribution in [2.75, 3.05) is 5.32 Å². The van der Waals surface area contributed by atoms with Gasteiger partial charge in [0.25, 0.3) is 0 Å². The fourth-order valence-corrected chi connectivity index (χ4v) is 4.43. The molecule has 188 valence electrons. The lowest BCUT2D eigenvalue weighted by Crippen LogP contribution is -2.03. The molecule has 0 aromatic carbocycles. The maximum Gasteiger partial charge on any atom is 0.213 e. The van der Waals surface area contributed by atoms with Gasteiger partial charge in [0.15, 0.2) is 5.49 Å². The highest BCUT2D eigenvalue weighted by Crippen LogP contribution is 2.30. The second-order valence-corrected chi connectivity index (χ2v) is 9.11. The Morgan fingerprint density at radius 1 is 0.763 bits per heavy atom. The molecule has 0 amide bonds. The van der Waals surface area contributed by atoms with E-state index < -0.39 is 11.9 Å². The van der Waals surface area contributed by atoms with Gasteiger partial charge in [-0.3, -0.25) is 0 Å². The fourth-order valence-electron chi connectivity index (χ4n) is 3.92. The van der Waals surface area contributed by atoms with Gasteiger partial charge in [0.1, 0.15) is 23.8 Å². The molecule has 0 aliphatic heterocycles. The number of hydrogen-bond acceptors (Lipinski definition) is 8. The van der Waals surface area contributed by atoms with Crippen LogP contribution in [0.3, 0.4) is 0 Å². The molecule has 0 atom stereocenters. The van der Waals surface area contributed by atoms with Gasteiger partial charge in [-0.1, -0.05) is 0 Å². The highest BCUT2D eigenvalue weighted by Gasteiger charge is 2.12. The molecule has 0 spiro atoms. The molecule has 0 radical (unpaired) electrons. The maximum atomic E-state index is 13.7. The molecule has 0 unspecified atom stereocenters. The number of aromatic nitrogens is 7. The molecular weight excluding hydrogens is 528 g/mol. The molecule has 38 heavy (non-hydrogen) atoms. The van der Waals surface area contributed by atoms with Gasteiger partial charge < -0.3 is 20.3 Å². The van der Waals surface area contributed by atoms with Crippen LogP contribution in [0.4, 0.5) is 26.2 Å². The van der Waals surface area contributed by atoms with Crippen molar-refractivity contribution in [3.8, 4) is 22.5 Å². The van der Waals surface area contributed by atoms with Crippen molar-refractivity contribution in [1.82, 2.24) is 34.9 Å². The van der Waals surface area contributed by atoms with Crippen LogP contribution >= 0.6 is 25.3 Å². The number of H-pyrrole nitrogens is 3. The van der Waals surface area contributed by atoms with Crippen LogP contribution in [0, 0.1) is 11.9 Å². The normalized spacial score (nSPS) is 11.8. The van der Waals surface area contributed by atoms with Crippen LogP contribution in [-0.2, 0) is 0 Å². The van der Waals surface area contributed by atoms with Crippen molar-refractivity contribution in [3.63, 3.8) is 0 Å². The van der Waals surface area contributed by atoms with Gasteiger partial charge in [-0.05, 0) is 36.4 Å². The third-order valence-electron chi connectivity index (χ3n) is 5.67. The predicted molar refractivity (Wildman–Crippen MR) is 145 cm³/mol. The quantitative estimate of drug-likeness (QED) is 0.125. The Hall–Kier alpha value is -4.49. The van der Waals surface area contributed by atoms with Gasteiger partial charge >= 0.3 is 0 Å². The molecule has 6 aromatic heterocycles. The van der Waals surface area contributed by atoms with Crippen molar-refractivity contribution < 1.29 is 8.78 Å². The number of aromatic amines is 3. The number of fused-ring (bicyclic) bond motifs is 1. The SMILES string of the molecule is Fc1ccc(S)c(-c2c[nH]c(/N=c3\ncnc(Nc4cc(-c5nc(F)ccc5S)c[nH]4)c4c[nH]cc34)c2)n1. The van der Waals surface area contributed by atoms with Gasteiger partial charge in [0.2, 0.25) is 11.9 Å². The van der Waals surface area contributed by atoms with E-state index in [2.05, 4.69) is 70.5 Å². The van der Waals surface area contributed by atoms with Crippen LogP contribution in [0.1, 0.15) is 0 Å². The van der Waals surface area contributed by atoms with Crippen LogP contribution in [-0.4, -0.2) is 34.9 Å². The topological polar surface area (TPSA) is 123 Å². The first kappa shape index (κ1) is 23.9. The van der Waals surface area contributed by atoms with E-state index >= 15 is 0 Å². The monoisotopic (exact) mass is 545 g/mol. The molecule has 6 aromatic rings. The Balaban J connectivity index is 1.35. The highest BCUT2D eigenvalue weighted by molar-refractivity contribution is 7.80. The number of nitrogens with zero attached hydrogens (tertiary/aromatic N) is 5. The van der Waals surface area contributed by atoms with E-state index in [1.165, 1.54) is 18.5 Å². The van der Waals surface area contributed by atoms with Crippen molar-refractivity contribution >= 4 is 53.5 Å². The van der Waals surface area contributed by atoms with Crippen molar-refractivity contribution in [3.05, 3.63) is 84.9 Å². The van der Waals surface area contributed by atoms with Crippen LogP contribution in [0.15, 0.2) is 82.3 Å². The Morgan fingerprint density at radius 2 is 1.42 bits per heavy atom. The second-order valence-electron chi connectivity index (χ2n) is 8.14. The summed E-state index contributed by atoms with van der Waals surface area (Å²) in [5, 5.41) is 4.66. The highest BCUT2D eigenvalue weighted by atomic mass is 32.1. The lowest BCUT2D eigenvalue weighted by Gasteiger charge is -2.02. The summed E-state index contributed by atoms with van der Waals surface area (Å²) < 4.78 is 27.3. The number of halogens is 2. The number of anilines is 2. The van der Waals surface area contributed by atoms with Crippen LogP contribution in [0.2, 0.25) is 0 Å². The average Bonchev–Trinajstić information content (AvgIpc) is 3.65. The van der Waals surface area contributed by atoms with Gasteiger partial charge in [0.05, 0.1) is 11.4 Å². The first-order valence-electron chi connectivity index (χ1n) is 11.2. The van der Waals surface area contributed by atoms with Crippen molar-refractivity contribution in [2.45, 2.75) is 9.79 Å². The minimum atomic E-state index is -0.596. The zero-order chi connectivity index (χ0) is 26.2. The van der Waals surface area contributed by atoms with Gasteiger partial charge in [-0.15, -0.1) is 25.3 Å². The number of hydrogen-bond donors (Lipinski definition) is 6. The molecule has 0 fully saturated rings. The van der Waals surface area contributed by atoms with E-state index in [1.54, 1.807) is 49.1 Å². The molecule has 13 heteroatoms. The zero-order valence-electron chi connectivity index (χ0n) is 19.2. The third-order valence-corrected chi connectivity index (χ3v) is 6.39. The smallest absolute Gasteiger partial charge is 0.213 e. The minimum absolute atomic E-state index is 0.404. The van der Waals surface area contributed by atoms with Crippen LogP contribution in [0.5, 0.6) is 0 Å². The molecule has 6 heterocycles. The Kier molecular flexibility index (Phi) is 6.13. The summed E-state index contributed by atoms with van der Waals surface area (Å²) in [6.07, 6.45) is 8.32. The van der Waals surface area contributed by atoms with Gasteiger partial charge in [-0.2, -0.15) is 8.78 Å². The minimum Gasteiger partial charge on any atom is -0.366 e. The van der Waals surface area contributed by atoms with Crippen LogP contribution < -0.4 is 10.8 Å². The van der Waals surface area contributed by atoms with E-state index in [1.807, 2.05) is 0 Å². The predicted octanol–water partition coefficient (Wildman–Crippen LogP) is 5.57. The lowest BCUT2D eigenvalue weighted by molar-refractivity contribution is 0.582. The molecular formula is C25H17F2N9S2. The first-order valence-corrected chi connectivity index (χ1v) is 12.1. The molecule has 4 N–H and O–H groups in total. The van der Waals surface area contributed by atoms with Gasteiger partial charge in [0, 0.05) is 56.5 Å². The molecule has 0 aliphatic rings. The van der Waals surface area contributed by atoms with Crippen LogP contribution in [0.25, 0.3) is 33.3 Å².